The van der Waals surface area contributed by atoms with E-state index >= 15 is 0 Å². The summed E-state index contributed by atoms with van der Waals surface area (Å²) in [5.41, 5.74) is 2.87. The van der Waals surface area contributed by atoms with Crippen LogP contribution >= 0.6 is 27.3 Å². The first-order valence-corrected chi connectivity index (χ1v) is 4.85. The molecule has 0 saturated heterocycles. The number of rotatable bonds is 2. The molecule has 3 heteroatoms. The Morgan fingerprint density at radius 1 is 1.80 bits per heavy atom. The van der Waals surface area contributed by atoms with E-state index in [1.807, 2.05) is 17.0 Å². The molecule has 0 aliphatic heterocycles. The van der Waals surface area contributed by atoms with Gasteiger partial charge in [-0.3, -0.25) is 0 Å². The lowest BCUT2D eigenvalue weighted by atomic mass is 10.4. The second-order valence-electron chi connectivity index (χ2n) is 1.95. The quantitative estimate of drug-likeness (QED) is 0.695. The van der Waals surface area contributed by atoms with E-state index in [4.69, 9.17) is 0 Å². The van der Waals surface area contributed by atoms with Crippen LogP contribution in [-0.2, 0) is 0 Å². The van der Waals surface area contributed by atoms with E-state index in [1.54, 1.807) is 11.3 Å². The van der Waals surface area contributed by atoms with E-state index in [0.29, 0.717) is 4.83 Å². The molecular weight excluding hydrogens is 210 g/mol. The Labute approximate surface area is 72.9 Å². The first kappa shape index (κ1) is 7.95. The Morgan fingerprint density at radius 3 is 3.10 bits per heavy atom. The average Bonchev–Trinajstić information content (AvgIpc) is 2.34. The molecule has 10 heavy (non-hydrogen) atoms. The van der Waals surface area contributed by atoms with E-state index < -0.39 is 0 Å². The van der Waals surface area contributed by atoms with Crippen LogP contribution in [0.5, 0.6) is 0 Å². The lowest BCUT2D eigenvalue weighted by Crippen LogP contribution is -1.79. The molecule has 1 rings (SSSR count). The number of alkyl halides is 1. The van der Waals surface area contributed by atoms with Crippen molar-refractivity contribution >= 4 is 33.3 Å². The molecule has 1 heterocycles. The van der Waals surface area contributed by atoms with Crippen LogP contribution in [0.25, 0.3) is 6.08 Å². The Balaban J connectivity index is 2.55. The van der Waals surface area contributed by atoms with Crippen LogP contribution in [0.2, 0.25) is 0 Å². The summed E-state index contributed by atoms with van der Waals surface area (Å²) >= 11 is 5.02. The summed E-state index contributed by atoms with van der Waals surface area (Å²) in [6, 6.07) is 0. The lowest BCUT2D eigenvalue weighted by molar-refractivity contribution is 1.28. The molecule has 0 spiro atoms. The highest BCUT2D eigenvalue weighted by Gasteiger charge is 1.88. The number of nitrogens with zero attached hydrogens (tertiary/aromatic N) is 1. The second kappa shape index (κ2) is 3.88. The van der Waals surface area contributed by atoms with Crippen molar-refractivity contribution in [2.75, 3.05) is 0 Å². The van der Waals surface area contributed by atoms with Crippen LogP contribution in [0.4, 0.5) is 0 Å². The van der Waals surface area contributed by atoms with Crippen molar-refractivity contribution in [3.05, 3.63) is 22.7 Å². The fraction of sp³-hybridized carbons (Fsp3) is 0.286. The van der Waals surface area contributed by atoms with Gasteiger partial charge >= 0.3 is 0 Å². The monoisotopic (exact) mass is 217 g/mol. The van der Waals surface area contributed by atoms with Crippen molar-refractivity contribution in [3.63, 3.8) is 0 Å². The van der Waals surface area contributed by atoms with E-state index in [9.17, 15) is 0 Å². The molecule has 0 aliphatic carbocycles. The standard InChI is InChI=1S/C7H8BrNS/c1-6(8)2-3-7-4-10-5-9-7/h2-6H,1H3/b3-2+. The minimum Gasteiger partial charge on any atom is -0.245 e. The minimum atomic E-state index is 0.425. The fourth-order valence-electron chi connectivity index (χ4n) is 0.535. The van der Waals surface area contributed by atoms with Crippen molar-refractivity contribution < 1.29 is 0 Å². The summed E-state index contributed by atoms with van der Waals surface area (Å²) in [7, 11) is 0. The fourth-order valence-corrected chi connectivity index (χ4v) is 1.21. The average molecular weight is 218 g/mol. The second-order valence-corrected chi connectivity index (χ2v) is 4.11. The number of thiazole rings is 1. The first-order chi connectivity index (χ1) is 4.79. The molecule has 0 aromatic carbocycles. The van der Waals surface area contributed by atoms with Crippen LogP contribution in [0.1, 0.15) is 12.6 Å². The largest absolute Gasteiger partial charge is 0.245 e. The Hall–Kier alpha value is -0.150. The summed E-state index contributed by atoms with van der Waals surface area (Å²) in [4.78, 5) is 4.52. The highest BCUT2D eigenvalue weighted by atomic mass is 79.9. The van der Waals surface area contributed by atoms with Crippen molar-refractivity contribution in [3.8, 4) is 0 Å². The third-order valence-electron chi connectivity index (χ3n) is 0.984. The van der Waals surface area contributed by atoms with E-state index in [-0.39, 0.29) is 0 Å². The van der Waals surface area contributed by atoms with Gasteiger partial charge in [-0.15, -0.1) is 11.3 Å². The number of allylic oxidation sites excluding steroid dienone is 1. The molecule has 1 nitrogen and oxygen atoms in total. The van der Waals surface area contributed by atoms with Gasteiger partial charge in [-0.1, -0.05) is 22.0 Å². The zero-order valence-electron chi connectivity index (χ0n) is 5.62. The molecule has 1 aromatic heterocycles. The van der Waals surface area contributed by atoms with Crippen molar-refractivity contribution in [2.24, 2.45) is 0 Å². The molecule has 1 atom stereocenters. The van der Waals surface area contributed by atoms with E-state index in [1.165, 1.54) is 0 Å². The third kappa shape index (κ3) is 2.62. The molecule has 0 aliphatic rings. The highest BCUT2D eigenvalue weighted by Crippen LogP contribution is 2.06. The van der Waals surface area contributed by atoms with Crippen LogP contribution in [0.15, 0.2) is 17.0 Å². The van der Waals surface area contributed by atoms with Crippen LogP contribution in [0.3, 0.4) is 0 Å². The summed E-state index contributed by atoms with van der Waals surface area (Å²) in [6.45, 7) is 2.07. The maximum absolute atomic E-state index is 4.10. The SMILES string of the molecule is CC(Br)/C=C/c1cscn1. The van der Waals surface area contributed by atoms with Gasteiger partial charge in [-0.05, 0) is 13.0 Å². The van der Waals surface area contributed by atoms with Crippen LogP contribution in [-0.4, -0.2) is 9.81 Å². The van der Waals surface area contributed by atoms with Crippen LogP contribution < -0.4 is 0 Å². The minimum absolute atomic E-state index is 0.425. The molecule has 0 fully saturated rings. The van der Waals surface area contributed by atoms with Gasteiger partial charge < -0.3 is 0 Å². The number of aromatic nitrogens is 1. The Kier molecular flexibility index (Phi) is 3.09. The van der Waals surface area contributed by atoms with E-state index in [0.717, 1.165) is 5.69 Å². The zero-order valence-corrected chi connectivity index (χ0v) is 8.02. The van der Waals surface area contributed by atoms with Crippen molar-refractivity contribution in [1.29, 1.82) is 0 Å². The molecule has 54 valence electrons. The van der Waals surface area contributed by atoms with Gasteiger partial charge in [-0.25, -0.2) is 4.98 Å². The molecule has 0 bridgehead atoms. The maximum Gasteiger partial charge on any atom is 0.0798 e. The summed E-state index contributed by atoms with van der Waals surface area (Å²) in [5.74, 6) is 0. The summed E-state index contributed by atoms with van der Waals surface area (Å²) in [5, 5.41) is 2.02. The van der Waals surface area contributed by atoms with Crippen molar-refractivity contribution in [1.82, 2.24) is 4.98 Å². The van der Waals surface area contributed by atoms with Gasteiger partial charge in [0.15, 0.2) is 0 Å². The molecular formula is C7H8BrNS. The molecule has 1 aromatic rings. The highest BCUT2D eigenvalue weighted by molar-refractivity contribution is 9.09. The normalized spacial score (nSPS) is 14.2. The molecule has 0 radical (unpaired) electrons. The van der Waals surface area contributed by atoms with Gasteiger partial charge in [0, 0.05) is 10.2 Å². The third-order valence-corrected chi connectivity index (χ3v) is 1.89. The molecule has 0 saturated carbocycles. The van der Waals surface area contributed by atoms with Gasteiger partial charge in [-0.2, -0.15) is 0 Å². The number of hydrogen-bond donors (Lipinski definition) is 0. The van der Waals surface area contributed by atoms with Crippen molar-refractivity contribution in [2.45, 2.75) is 11.8 Å². The topological polar surface area (TPSA) is 12.9 Å². The van der Waals surface area contributed by atoms with Crippen LogP contribution in [0, 0.1) is 0 Å². The smallest absolute Gasteiger partial charge is 0.0798 e. The molecule has 1 unspecified atom stereocenters. The predicted molar refractivity (Wildman–Crippen MR) is 49.5 cm³/mol. The number of halogens is 1. The Bertz CT molecular complexity index is 203. The predicted octanol–water partition coefficient (Wildman–Crippen LogP) is 2.94. The maximum atomic E-state index is 4.10. The number of hydrogen-bond acceptors (Lipinski definition) is 2. The van der Waals surface area contributed by atoms with Gasteiger partial charge in [0.25, 0.3) is 0 Å². The summed E-state index contributed by atoms with van der Waals surface area (Å²) < 4.78 is 0. The van der Waals surface area contributed by atoms with Gasteiger partial charge in [0.1, 0.15) is 0 Å². The van der Waals surface area contributed by atoms with Gasteiger partial charge in [0.05, 0.1) is 11.2 Å². The lowest BCUT2D eigenvalue weighted by Gasteiger charge is -1.88. The Morgan fingerprint density at radius 2 is 2.60 bits per heavy atom. The zero-order chi connectivity index (χ0) is 7.40. The molecule has 0 N–H and O–H groups in total. The first-order valence-electron chi connectivity index (χ1n) is 2.99. The molecule has 0 amide bonds. The van der Waals surface area contributed by atoms with Gasteiger partial charge in [0.2, 0.25) is 0 Å². The van der Waals surface area contributed by atoms with E-state index in [2.05, 4.69) is 33.9 Å². The summed E-state index contributed by atoms with van der Waals surface area (Å²) in [6.07, 6.45) is 4.07.